The van der Waals surface area contributed by atoms with Gasteiger partial charge in [-0.05, 0) is 58.0 Å². The van der Waals surface area contributed by atoms with Crippen molar-refractivity contribution in [1.82, 2.24) is 44.7 Å². The Hall–Kier alpha value is -3.69. The molecule has 0 aliphatic carbocycles. The van der Waals surface area contributed by atoms with Gasteiger partial charge in [-0.2, -0.15) is 18.3 Å². The van der Waals surface area contributed by atoms with Gasteiger partial charge in [0.1, 0.15) is 5.69 Å². The summed E-state index contributed by atoms with van der Waals surface area (Å²) in [6, 6.07) is 10.6. The van der Waals surface area contributed by atoms with Gasteiger partial charge in [-0.15, -0.1) is 0 Å². The lowest BCUT2D eigenvalue weighted by molar-refractivity contribution is -0.141. The molecule has 4 aromatic heterocycles. The summed E-state index contributed by atoms with van der Waals surface area (Å²) in [5.41, 5.74) is 8.45. The van der Waals surface area contributed by atoms with Gasteiger partial charge >= 0.3 is 6.18 Å². The highest BCUT2D eigenvalue weighted by molar-refractivity contribution is 5.84. The largest absolute Gasteiger partial charge is 0.433 e. The summed E-state index contributed by atoms with van der Waals surface area (Å²) in [4.78, 5) is 22.9. The lowest BCUT2D eigenvalue weighted by atomic mass is 10.1. The molecule has 4 N–H and O–H groups in total. The van der Waals surface area contributed by atoms with E-state index in [0.29, 0.717) is 34.6 Å². The third-order valence-electron chi connectivity index (χ3n) is 9.23. The number of piperazine rings is 2. The number of nitrogens with two attached hydrogens (primary N) is 1. The maximum Gasteiger partial charge on any atom is 0.433 e. The molecule has 6 heterocycles. The van der Waals surface area contributed by atoms with Gasteiger partial charge in [0.05, 0.1) is 46.2 Å². The van der Waals surface area contributed by atoms with E-state index in [1.165, 1.54) is 38.3 Å². The van der Waals surface area contributed by atoms with E-state index in [1.807, 2.05) is 12.1 Å². The molecule has 49 heavy (non-hydrogen) atoms. The molecule has 4 aromatic rings. The topological polar surface area (TPSA) is 118 Å². The molecular formula is C35H50F3N11. The van der Waals surface area contributed by atoms with Crippen molar-refractivity contribution in [2.75, 3.05) is 83.9 Å². The molecular weight excluding hydrogens is 631 g/mol. The molecule has 2 aliphatic heterocycles. The molecule has 266 valence electrons. The molecule has 0 atom stereocenters. The predicted octanol–water partition coefficient (Wildman–Crippen LogP) is 4.51. The number of rotatable bonds is 10. The Labute approximate surface area is 287 Å². The molecule has 0 bridgehead atoms. The standard InChI is InChI=1S/C26H29F3N8.C9H21N3/c1-17(2)37-12-10-36(11-13-37)9-8-30-18-14-23-21(31-15-18)7-6-20(33-23)19-16-32-35-25(19)22-4-3-5-24(34-22)26(27,28)29;1-9(2)12-7-5-11(4-3-10)6-8-12/h3-7,14-17,30H,8-13H2,1-2H3,(H,32,35);9H,3-8,10H2,1-2H3. The minimum Gasteiger partial charge on any atom is -0.382 e. The Balaban J connectivity index is 0.000000330. The number of aromatic amines is 1. The van der Waals surface area contributed by atoms with E-state index in [0.717, 1.165) is 69.6 Å². The fraction of sp³-hybridized carbons (Fsp3) is 0.543. The Morgan fingerprint density at radius 2 is 1.45 bits per heavy atom. The molecule has 0 saturated carbocycles. The highest BCUT2D eigenvalue weighted by atomic mass is 19.4. The number of alkyl halides is 3. The summed E-state index contributed by atoms with van der Waals surface area (Å²) in [6.45, 7) is 21.7. The number of nitrogens with zero attached hydrogens (tertiary/aromatic N) is 8. The van der Waals surface area contributed by atoms with E-state index in [4.69, 9.17) is 10.7 Å². The first-order chi connectivity index (χ1) is 23.5. The minimum atomic E-state index is -4.53. The normalized spacial score (nSPS) is 17.1. The zero-order chi connectivity index (χ0) is 35.0. The van der Waals surface area contributed by atoms with Crippen LogP contribution in [0.25, 0.3) is 33.7 Å². The van der Waals surface area contributed by atoms with E-state index in [2.05, 4.69) is 72.8 Å². The average molecular weight is 682 g/mol. The van der Waals surface area contributed by atoms with E-state index >= 15 is 0 Å². The van der Waals surface area contributed by atoms with Crippen LogP contribution in [0, 0.1) is 0 Å². The number of nitrogens with one attached hydrogen (secondary N) is 2. The minimum absolute atomic E-state index is 0.145. The molecule has 0 spiro atoms. The molecule has 14 heteroatoms. The third kappa shape index (κ3) is 9.94. The predicted molar refractivity (Wildman–Crippen MR) is 189 cm³/mol. The number of anilines is 1. The van der Waals surface area contributed by atoms with E-state index in [1.54, 1.807) is 18.5 Å². The van der Waals surface area contributed by atoms with Crippen LogP contribution in [-0.2, 0) is 6.18 Å². The number of pyridine rings is 3. The van der Waals surface area contributed by atoms with Crippen LogP contribution in [-0.4, -0.2) is 135 Å². The number of hydrogen-bond acceptors (Lipinski definition) is 10. The van der Waals surface area contributed by atoms with Crippen LogP contribution in [0.1, 0.15) is 33.4 Å². The second kappa shape index (κ2) is 16.8. The Morgan fingerprint density at radius 3 is 2.06 bits per heavy atom. The van der Waals surface area contributed by atoms with Gasteiger partial charge in [0.25, 0.3) is 0 Å². The van der Waals surface area contributed by atoms with Crippen molar-refractivity contribution in [1.29, 1.82) is 0 Å². The van der Waals surface area contributed by atoms with Crippen molar-refractivity contribution in [3.05, 3.63) is 54.5 Å². The van der Waals surface area contributed by atoms with Crippen LogP contribution < -0.4 is 11.1 Å². The van der Waals surface area contributed by atoms with Crippen molar-refractivity contribution in [3.8, 4) is 22.6 Å². The second-order valence-electron chi connectivity index (χ2n) is 13.2. The molecule has 0 aromatic carbocycles. The Kier molecular flexibility index (Phi) is 12.6. The van der Waals surface area contributed by atoms with Crippen molar-refractivity contribution in [2.24, 2.45) is 5.73 Å². The maximum atomic E-state index is 13.2. The zero-order valence-corrected chi connectivity index (χ0v) is 29.0. The first kappa shape index (κ1) is 36.6. The highest BCUT2D eigenvalue weighted by Crippen LogP contribution is 2.32. The van der Waals surface area contributed by atoms with Crippen LogP contribution in [0.5, 0.6) is 0 Å². The smallest absolute Gasteiger partial charge is 0.382 e. The highest BCUT2D eigenvalue weighted by Gasteiger charge is 2.33. The number of fused-ring (bicyclic) bond motifs is 1. The summed E-state index contributed by atoms with van der Waals surface area (Å²) in [5.74, 6) is 0. The van der Waals surface area contributed by atoms with Crippen LogP contribution in [0.2, 0.25) is 0 Å². The van der Waals surface area contributed by atoms with Crippen LogP contribution in [0.3, 0.4) is 0 Å². The van der Waals surface area contributed by atoms with E-state index in [9.17, 15) is 13.2 Å². The molecule has 2 fully saturated rings. The summed E-state index contributed by atoms with van der Waals surface area (Å²) < 4.78 is 39.5. The van der Waals surface area contributed by atoms with Crippen LogP contribution in [0.4, 0.5) is 18.9 Å². The van der Waals surface area contributed by atoms with Gasteiger partial charge in [0.2, 0.25) is 0 Å². The van der Waals surface area contributed by atoms with Gasteiger partial charge < -0.3 is 11.1 Å². The number of H-pyrrole nitrogens is 1. The Bertz CT molecular complexity index is 1610. The van der Waals surface area contributed by atoms with Crippen molar-refractivity contribution >= 4 is 16.7 Å². The summed E-state index contributed by atoms with van der Waals surface area (Å²) in [7, 11) is 0. The fourth-order valence-electron chi connectivity index (χ4n) is 6.21. The molecule has 0 unspecified atom stereocenters. The summed E-state index contributed by atoms with van der Waals surface area (Å²) in [5, 5.41) is 10.2. The Morgan fingerprint density at radius 1 is 0.796 bits per heavy atom. The van der Waals surface area contributed by atoms with Gasteiger partial charge in [0.15, 0.2) is 0 Å². The number of halogens is 3. The van der Waals surface area contributed by atoms with Crippen molar-refractivity contribution in [2.45, 2.75) is 46.0 Å². The molecule has 11 nitrogen and oxygen atoms in total. The van der Waals surface area contributed by atoms with Crippen LogP contribution in [0.15, 0.2) is 48.8 Å². The number of hydrogen-bond donors (Lipinski definition) is 3. The zero-order valence-electron chi connectivity index (χ0n) is 29.0. The summed E-state index contributed by atoms with van der Waals surface area (Å²) >= 11 is 0. The summed E-state index contributed by atoms with van der Waals surface area (Å²) in [6.07, 6.45) is -1.20. The van der Waals surface area contributed by atoms with E-state index in [-0.39, 0.29) is 5.69 Å². The van der Waals surface area contributed by atoms with Gasteiger partial charge in [-0.3, -0.25) is 29.7 Å². The lowest BCUT2D eigenvalue weighted by Crippen LogP contribution is -2.49. The average Bonchev–Trinajstić information content (AvgIpc) is 3.59. The van der Waals surface area contributed by atoms with Crippen LogP contribution >= 0.6 is 0 Å². The molecule has 2 aliphatic rings. The van der Waals surface area contributed by atoms with Crippen molar-refractivity contribution in [3.63, 3.8) is 0 Å². The molecule has 0 radical (unpaired) electrons. The maximum absolute atomic E-state index is 13.2. The third-order valence-corrected chi connectivity index (χ3v) is 9.23. The SMILES string of the molecule is CC(C)N1CCN(CCN)CC1.CC(C)N1CCN(CCNc2cnc3ccc(-c4cn[nH]c4-c4cccc(C(F)(F)F)n4)nc3c2)CC1. The lowest BCUT2D eigenvalue weighted by Gasteiger charge is -2.36. The molecule has 2 saturated heterocycles. The first-order valence-corrected chi connectivity index (χ1v) is 17.2. The number of aromatic nitrogens is 5. The quantitative estimate of drug-likeness (QED) is 0.221. The van der Waals surface area contributed by atoms with E-state index < -0.39 is 11.9 Å². The second-order valence-corrected chi connectivity index (χ2v) is 13.2. The molecule has 0 amide bonds. The van der Waals surface area contributed by atoms with Gasteiger partial charge in [0, 0.05) is 96.2 Å². The molecule has 6 rings (SSSR count). The monoisotopic (exact) mass is 681 g/mol. The van der Waals surface area contributed by atoms with Crippen molar-refractivity contribution < 1.29 is 13.2 Å². The first-order valence-electron chi connectivity index (χ1n) is 17.2. The fourth-order valence-corrected chi connectivity index (χ4v) is 6.21. The van der Waals surface area contributed by atoms with Gasteiger partial charge in [-0.25, -0.2) is 9.97 Å². The van der Waals surface area contributed by atoms with Gasteiger partial charge in [-0.1, -0.05) is 6.07 Å².